The summed E-state index contributed by atoms with van der Waals surface area (Å²) < 4.78 is 0. The van der Waals surface area contributed by atoms with Gasteiger partial charge in [-0.15, -0.1) is 0 Å². The average Bonchev–Trinajstić information content (AvgIpc) is 2.45. The highest BCUT2D eigenvalue weighted by atomic mass is 16.2. The summed E-state index contributed by atoms with van der Waals surface area (Å²) in [5.41, 5.74) is 5.51. The molecule has 1 amide bonds. The predicted molar refractivity (Wildman–Crippen MR) is 83.3 cm³/mol. The molecule has 1 atom stereocenters. The summed E-state index contributed by atoms with van der Waals surface area (Å²) in [5, 5.41) is 4.27. The van der Waals surface area contributed by atoms with Crippen LogP contribution < -0.4 is 10.3 Å². The van der Waals surface area contributed by atoms with E-state index in [1.54, 1.807) is 0 Å². The van der Waals surface area contributed by atoms with E-state index in [0.717, 1.165) is 24.2 Å². The molecule has 0 spiro atoms. The number of carbonyl (C=O) groups is 1. The van der Waals surface area contributed by atoms with Crippen LogP contribution in [0.2, 0.25) is 0 Å². The van der Waals surface area contributed by atoms with Gasteiger partial charge in [0.05, 0.1) is 0 Å². The number of nitrogens with one attached hydrogen (secondary N) is 1. The van der Waals surface area contributed by atoms with Crippen molar-refractivity contribution in [1.82, 2.24) is 5.43 Å². The zero-order chi connectivity index (χ0) is 14.5. The van der Waals surface area contributed by atoms with E-state index in [-0.39, 0.29) is 5.91 Å². The van der Waals surface area contributed by atoms with Crippen molar-refractivity contribution in [3.8, 4) is 0 Å². The molecule has 1 aliphatic rings. The first kappa shape index (κ1) is 14.6. The summed E-state index contributed by atoms with van der Waals surface area (Å²) in [6.07, 6.45) is 4.44. The Hall–Kier alpha value is -1.84. The smallest absolute Gasteiger partial charge is 0.271 e. The molecule has 0 radical (unpaired) electrons. The summed E-state index contributed by atoms with van der Waals surface area (Å²) >= 11 is 0. The number of carbonyl (C=O) groups excluding carboxylic acids is 1. The lowest BCUT2D eigenvalue weighted by Gasteiger charge is -2.19. The fraction of sp³-hybridized carbons (Fsp3) is 0.500. The van der Waals surface area contributed by atoms with Gasteiger partial charge in [-0.2, -0.15) is 5.10 Å². The molecule has 1 fully saturated rings. The summed E-state index contributed by atoms with van der Waals surface area (Å²) in [7, 11) is 3.95. The molecule has 1 aromatic rings. The maximum atomic E-state index is 12.0. The lowest BCUT2D eigenvalue weighted by atomic mass is 9.89. The van der Waals surface area contributed by atoms with Crippen molar-refractivity contribution in [2.75, 3.05) is 19.0 Å². The second-order valence-electron chi connectivity index (χ2n) is 5.76. The molecule has 0 aliphatic heterocycles. The van der Waals surface area contributed by atoms with Gasteiger partial charge >= 0.3 is 0 Å². The second kappa shape index (κ2) is 6.55. The van der Waals surface area contributed by atoms with Crippen molar-refractivity contribution < 1.29 is 4.79 Å². The monoisotopic (exact) mass is 273 g/mol. The molecule has 0 heterocycles. The van der Waals surface area contributed by atoms with Crippen LogP contribution in [0.4, 0.5) is 5.69 Å². The molecular weight excluding hydrogens is 250 g/mol. The fourth-order valence-electron chi connectivity index (χ4n) is 2.47. The molecule has 1 saturated carbocycles. The van der Waals surface area contributed by atoms with E-state index in [9.17, 15) is 4.79 Å². The van der Waals surface area contributed by atoms with Crippen molar-refractivity contribution in [2.24, 2.45) is 11.0 Å². The van der Waals surface area contributed by atoms with E-state index in [1.165, 1.54) is 12.8 Å². The van der Waals surface area contributed by atoms with Gasteiger partial charge in [-0.05, 0) is 55.9 Å². The third-order valence-corrected chi connectivity index (χ3v) is 3.71. The minimum atomic E-state index is -0.138. The van der Waals surface area contributed by atoms with Crippen LogP contribution in [0.15, 0.2) is 29.4 Å². The van der Waals surface area contributed by atoms with Crippen LogP contribution in [-0.4, -0.2) is 25.7 Å². The van der Waals surface area contributed by atoms with E-state index in [4.69, 9.17) is 0 Å². The lowest BCUT2D eigenvalue weighted by Crippen LogP contribution is -2.22. The molecular formula is C16H23N3O. The summed E-state index contributed by atoms with van der Waals surface area (Å²) in [6.45, 7) is 2.23. The molecule has 1 N–H and O–H groups in total. The Morgan fingerprint density at radius 2 is 2.00 bits per heavy atom. The van der Waals surface area contributed by atoms with Gasteiger partial charge in [-0.3, -0.25) is 4.79 Å². The minimum Gasteiger partial charge on any atom is -0.378 e. The topological polar surface area (TPSA) is 44.7 Å². The number of benzene rings is 1. The van der Waals surface area contributed by atoms with E-state index in [0.29, 0.717) is 11.5 Å². The van der Waals surface area contributed by atoms with Gasteiger partial charge in [0.2, 0.25) is 0 Å². The average molecular weight is 273 g/mol. The van der Waals surface area contributed by atoms with E-state index < -0.39 is 0 Å². The summed E-state index contributed by atoms with van der Waals surface area (Å²) in [6, 6.07) is 7.53. The molecule has 1 aliphatic carbocycles. The SMILES string of the molecule is CC1CCCC(=NNC(=O)c2ccc(N(C)C)cc2)C1. The molecule has 1 aromatic carbocycles. The number of hydrazone groups is 1. The Morgan fingerprint density at radius 3 is 2.60 bits per heavy atom. The van der Waals surface area contributed by atoms with Crippen LogP contribution in [-0.2, 0) is 0 Å². The van der Waals surface area contributed by atoms with Gasteiger partial charge in [0.1, 0.15) is 0 Å². The standard InChI is InChI=1S/C16H23N3O/c1-12-5-4-6-14(11-12)17-18-16(20)13-7-9-15(10-8-13)19(2)3/h7-10,12H,4-6,11H2,1-3H3,(H,18,20). The fourth-order valence-corrected chi connectivity index (χ4v) is 2.47. The number of nitrogens with zero attached hydrogens (tertiary/aromatic N) is 2. The van der Waals surface area contributed by atoms with Crippen LogP contribution in [0.5, 0.6) is 0 Å². The first-order valence-corrected chi connectivity index (χ1v) is 7.19. The van der Waals surface area contributed by atoms with Crippen molar-refractivity contribution >= 4 is 17.3 Å². The molecule has 108 valence electrons. The van der Waals surface area contributed by atoms with E-state index in [2.05, 4.69) is 17.5 Å². The Bertz CT molecular complexity index is 491. The highest BCUT2D eigenvalue weighted by Gasteiger charge is 2.14. The van der Waals surface area contributed by atoms with Crippen LogP contribution in [0, 0.1) is 5.92 Å². The third kappa shape index (κ3) is 3.83. The van der Waals surface area contributed by atoms with Gasteiger partial charge in [-0.1, -0.05) is 6.92 Å². The highest BCUT2D eigenvalue weighted by molar-refractivity contribution is 5.95. The van der Waals surface area contributed by atoms with Crippen molar-refractivity contribution in [1.29, 1.82) is 0 Å². The minimum absolute atomic E-state index is 0.138. The Kier molecular flexibility index (Phi) is 4.77. The maximum absolute atomic E-state index is 12.0. The molecule has 2 rings (SSSR count). The molecule has 4 nitrogen and oxygen atoms in total. The van der Waals surface area contributed by atoms with Gasteiger partial charge < -0.3 is 4.90 Å². The second-order valence-corrected chi connectivity index (χ2v) is 5.76. The summed E-state index contributed by atoms with van der Waals surface area (Å²) in [4.78, 5) is 14.0. The first-order valence-electron chi connectivity index (χ1n) is 7.19. The molecule has 0 aromatic heterocycles. The number of rotatable bonds is 3. The lowest BCUT2D eigenvalue weighted by molar-refractivity contribution is 0.0954. The quantitative estimate of drug-likeness (QED) is 0.860. The van der Waals surface area contributed by atoms with Crippen molar-refractivity contribution in [2.45, 2.75) is 32.6 Å². The zero-order valence-electron chi connectivity index (χ0n) is 12.5. The molecule has 0 bridgehead atoms. The third-order valence-electron chi connectivity index (χ3n) is 3.71. The van der Waals surface area contributed by atoms with E-state index in [1.807, 2.05) is 43.3 Å². The zero-order valence-corrected chi connectivity index (χ0v) is 12.5. The largest absolute Gasteiger partial charge is 0.378 e. The van der Waals surface area contributed by atoms with Gasteiger partial charge in [0, 0.05) is 31.1 Å². The van der Waals surface area contributed by atoms with Crippen LogP contribution in [0.1, 0.15) is 43.0 Å². The Labute approximate surface area is 120 Å². The van der Waals surface area contributed by atoms with E-state index >= 15 is 0 Å². The van der Waals surface area contributed by atoms with Gasteiger partial charge in [-0.25, -0.2) is 5.43 Å². The van der Waals surface area contributed by atoms with Gasteiger partial charge in [0.15, 0.2) is 0 Å². The normalized spacial score (nSPS) is 20.8. The van der Waals surface area contributed by atoms with Crippen LogP contribution >= 0.6 is 0 Å². The number of hydrogen-bond acceptors (Lipinski definition) is 3. The maximum Gasteiger partial charge on any atom is 0.271 e. The molecule has 20 heavy (non-hydrogen) atoms. The van der Waals surface area contributed by atoms with Crippen molar-refractivity contribution in [3.63, 3.8) is 0 Å². The Morgan fingerprint density at radius 1 is 1.30 bits per heavy atom. The summed E-state index contributed by atoms with van der Waals surface area (Å²) in [5.74, 6) is 0.541. The molecule has 0 saturated heterocycles. The molecule has 1 unspecified atom stereocenters. The molecule has 4 heteroatoms. The Balaban J connectivity index is 1.96. The number of hydrogen-bond donors (Lipinski definition) is 1. The first-order chi connectivity index (χ1) is 9.56. The van der Waals surface area contributed by atoms with Crippen LogP contribution in [0.25, 0.3) is 0 Å². The number of amides is 1. The van der Waals surface area contributed by atoms with Gasteiger partial charge in [0.25, 0.3) is 5.91 Å². The highest BCUT2D eigenvalue weighted by Crippen LogP contribution is 2.21. The number of anilines is 1. The van der Waals surface area contributed by atoms with Crippen molar-refractivity contribution in [3.05, 3.63) is 29.8 Å². The predicted octanol–water partition coefficient (Wildman–Crippen LogP) is 3.05. The van der Waals surface area contributed by atoms with Crippen LogP contribution in [0.3, 0.4) is 0 Å².